The van der Waals surface area contributed by atoms with E-state index in [1.165, 1.54) is 0 Å². The minimum atomic E-state index is -0.238. The monoisotopic (exact) mass is 220 g/mol. The molecule has 3 nitrogen and oxygen atoms in total. The Morgan fingerprint density at radius 2 is 2.19 bits per heavy atom. The van der Waals surface area contributed by atoms with Crippen LogP contribution in [0.15, 0.2) is 42.1 Å². The van der Waals surface area contributed by atoms with Gasteiger partial charge in [-0.15, -0.1) is 6.58 Å². The molecule has 0 aromatic heterocycles. The van der Waals surface area contributed by atoms with Crippen molar-refractivity contribution >= 4 is 12.1 Å². The standard InChI is InChI=1S/C13H20N2O/c1-4-8-12(6-3)13(16)15-11-7-10-14-9-5-2/h4-6,8-10,12H,3,7,11H2,1-2H3,(H,15,16)/b8-4-,9-5-,14-10?. The smallest absolute Gasteiger partial charge is 0.230 e. The van der Waals surface area contributed by atoms with Crippen LogP contribution in [0.5, 0.6) is 0 Å². The molecule has 1 atom stereocenters. The van der Waals surface area contributed by atoms with Crippen LogP contribution in [0, 0.1) is 5.92 Å². The molecule has 0 spiro atoms. The predicted molar refractivity (Wildman–Crippen MR) is 69.4 cm³/mol. The second kappa shape index (κ2) is 9.90. The van der Waals surface area contributed by atoms with Crippen LogP contribution in [-0.2, 0) is 4.79 Å². The highest BCUT2D eigenvalue weighted by Crippen LogP contribution is 1.99. The molecule has 88 valence electrons. The summed E-state index contributed by atoms with van der Waals surface area (Å²) in [6.07, 6.45) is 11.4. The second-order valence-electron chi connectivity index (χ2n) is 3.18. The lowest BCUT2D eigenvalue weighted by molar-refractivity contribution is -0.122. The molecule has 0 aliphatic carbocycles. The number of nitrogens with zero attached hydrogens (tertiary/aromatic N) is 1. The fraction of sp³-hybridized carbons (Fsp3) is 0.385. The molecule has 0 saturated carbocycles. The SMILES string of the molecule is C=CC(/C=C\C)C(=O)NCCC=N/C=C\C. The van der Waals surface area contributed by atoms with Gasteiger partial charge in [0.25, 0.3) is 0 Å². The van der Waals surface area contributed by atoms with E-state index in [1.54, 1.807) is 18.5 Å². The molecule has 16 heavy (non-hydrogen) atoms. The van der Waals surface area contributed by atoms with E-state index in [4.69, 9.17) is 0 Å². The van der Waals surface area contributed by atoms with E-state index in [2.05, 4.69) is 16.9 Å². The molecule has 1 unspecified atom stereocenters. The molecular weight excluding hydrogens is 200 g/mol. The van der Waals surface area contributed by atoms with Gasteiger partial charge in [0.2, 0.25) is 5.91 Å². The van der Waals surface area contributed by atoms with Crippen molar-refractivity contribution < 1.29 is 4.79 Å². The summed E-state index contributed by atoms with van der Waals surface area (Å²) in [5, 5.41) is 2.82. The first kappa shape index (κ1) is 14.4. The van der Waals surface area contributed by atoms with Crippen LogP contribution < -0.4 is 5.32 Å². The van der Waals surface area contributed by atoms with Crippen LogP contribution in [0.1, 0.15) is 20.3 Å². The number of amides is 1. The predicted octanol–water partition coefficient (Wildman–Crippen LogP) is 2.48. The van der Waals surface area contributed by atoms with E-state index in [0.29, 0.717) is 6.54 Å². The van der Waals surface area contributed by atoms with E-state index >= 15 is 0 Å². The van der Waals surface area contributed by atoms with Gasteiger partial charge in [-0.2, -0.15) is 0 Å². The Morgan fingerprint density at radius 3 is 2.75 bits per heavy atom. The third kappa shape index (κ3) is 6.76. The lowest BCUT2D eigenvalue weighted by Gasteiger charge is -2.07. The number of rotatable bonds is 7. The Kier molecular flexibility index (Phi) is 8.88. The minimum Gasteiger partial charge on any atom is -0.355 e. The van der Waals surface area contributed by atoms with Crippen molar-refractivity contribution in [3.05, 3.63) is 37.1 Å². The van der Waals surface area contributed by atoms with Crippen molar-refractivity contribution in [2.24, 2.45) is 10.9 Å². The molecule has 1 amide bonds. The van der Waals surface area contributed by atoms with Gasteiger partial charge in [0.05, 0.1) is 5.92 Å². The van der Waals surface area contributed by atoms with Gasteiger partial charge < -0.3 is 5.32 Å². The highest BCUT2D eigenvalue weighted by atomic mass is 16.1. The summed E-state index contributed by atoms with van der Waals surface area (Å²) in [5.74, 6) is -0.259. The third-order valence-corrected chi connectivity index (χ3v) is 1.87. The highest BCUT2D eigenvalue weighted by molar-refractivity contribution is 5.82. The first-order chi connectivity index (χ1) is 7.76. The molecule has 1 N–H and O–H groups in total. The fourth-order valence-electron chi connectivity index (χ4n) is 1.08. The topological polar surface area (TPSA) is 41.5 Å². The number of hydrogen-bond acceptors (Lipinski definition) is 2. The molecule has 0 aliphatic heterocycles. The first-order valence-corrected chi connectivity index (χ1v) is 5.42. The molecule has 0 aromatic rings. The molecule has 3 heteroatoms. The Labute approximate surface area is 97.7 Å². The summed E-state index contributed by atoms with van der Waals surface area (Å²) >= 11 is 0. The molecule has 0 aromatic carbocycles. The van der Waals surface area contributed by atoms with Crippen molar-refractivity contribution in [1.29, 1.82) is 0 Å². The van der Waals surface area contributed by atoms with E-state index in [9.17, 15) is 4.79 Å². The fourth-order valence-corrected chi connectivity index (χ4v) is 1.08. The normalized spacial score (nSPS) is 13.6. The van der Waals surface area contributed by atoms with Crippen LogP contribution in [-0.4, -0.2) is 18.7 Å². The molecule has 0 saturated heterocycles. The number of hydrogen-bond donors (Lipinski definition) is 1. The van der Waals surface area contributed by atoms with E-state index in [0.717, 1.165) is 6.42 Å². The number of nitrogens with one attached hydrogen (secondary N) is 1. The van der Waals surface area contributed by atoms with Crippen LogP contribution >= 0.6 is 0 Å². The van der Waals surface area contributed by atoms with Crippen molar-refractivity contribution in [2.45, 2.75) is 20.3 Å². The molecule has 0 heterocycles. The van der Waals surface area contributed by atoms with Crippen molar-refractivity contribution in [3.63, 3.8) is 0 Å². The third-order valence-electron chi connectivity index (χ3n) is 1.87. The summed E-state index contributed by atoms with van der Waals surface area (Å²) in [5.41, 5.74) is 0. The molecule has 0 bridgehead atoms. The van der Waals surface area contributed by atoms with Crippen LogP contribution in [0.25, 0.3) is 0 Å². The highest BCUT2D eigenvalue weighted by Gasteiger charge is 2.08. The molecule has 0 fully saturated rings. The summed E-state index contributed by atoms with van der Waals surface area (Å²) in [6.45, 7) is 8.01. The van der Waals surface area contributed by atoms with E-state index in [1.807, 2.05) is 32.1 Å². The Balaban J connectivity index is 3.84. The van der Waals surface area contributed by atoms with Gasteiger partial charge in [0.1, 0.15) is 0 Å². The second-order valence-corrected chi connectivity index (χ2v) is 3.18. The van der Waals surface area contributed by atoms with Gasteiger partial charge >= 0.3 is 0 Å². The lowest BCUT2D eigenvalue weighted by atomic mass is 10.1. The maximum atomic E-state index is 11.6. The Hall–Kier alpha value is -1.64. The summed E-state index contributed by atoms with van der Waals surface area (Å²) in [4.78, 5) is 15.6. The summed E-state index contributed by atoms with van der Waals surface area (Å²) in [6, 6.07) is 0. The molecular formula is C13H20N2O. The number of aliphatic imine (C=N–C) groups is 1. The van der Waals surface area contributed by atoms with Crippen LogP contribution in [0.2, 0.25) is 0 Å². The number of carbonyl (C=O) groups excluding carboxylic acids is 1. The van der Waals surface area contributed by atoms with Gasteiger partial charge in [0, 0.05) is 25.4 Å². The van der Waals surface area contributed by atoms with E-state index in [-0.39, 0.29) is 11.8 Å². The van der Waals surface area contributed by atoms with Crippen LogP contribution in [0.3, 0.4) is 0 Å². The lowest BCUT2D eigenvalue weighted by Crippen LogP contribution is -2.29. The van der Waals surface area contributed by atoms with Gasteiger partial charge in [-0.3, -0.25) is 9.79 Å². The Bertz CT molecular complexity index is 290. The minimum absolute atomic E-state index is 0.0208. The average molecular weight is 220 g/mol. The summed E-state index contributed by atoms with van der Waals surface area (Å²) in [7, 11) is 0. The number of allylic oxidation sites excluding steroid dienone is 2. The average Bonchev–Trinajstić information content (AvgIpc) is 2.30. The number of carbonyl (C=O) groups is 1. The largest absolute Gasteiger partial charge is 0.355 e. The van der Waals surface area contributed by atoms with Crippen molar-refractivity contribution in [3.8, 4) is 0 Å². The quantitative estimate of drug-likeness (QED) is 0.400. The summed E-state index contributed by atoms with van der Waals surface area (Å²) < 4.78 is 0. The van der Waals surface area contributed by atoms with Crippen molar-refractivity contribution in [1.82, 2.24) is 5.32 Å². The van der Waals surface area contributed by atoms with Gasteiger partial charge in [-0.25, -0.2) is 0 Å². The molecule has 0 aliphatic rings. The molecule has 0 rings (SSSR count). The van der Waals surface area contributed by atoms with Gasteiger partial charge in [-0.1, -0.05) is 24.3 Å². The van der Waals surface area contributed by atoms with Crippen molar-refractivity contribution in [2.75, 3.05) is 6.54 Å². The zero-order valence-electron chi connectivity index (χ0n) is 10.0. The maximum absolute atomic E-state index is 11.6. The maximum Gasteiger partial charge on any atom is 0.230 e. The van der Waals surface area contributed by atoms with Crippen LogP contribution in [0.4, 0.5) is 0 Å². The Morgan fingerprint density at radius 1 is 1.44 bits per heavy atom. The molecule has 0 radical (unpaired) electrons. The first-order valence-electron chi connectivity index (χ1n) is 5.42. The van der Waals surface area contributed by atoms with E-state index < -0.39 is 0 Å². The zero-order valence-corrected chi connectivity index (χ0v) is 10.0. The van der Waals surface area contributed by atoms with Gasteiger partial charge in [0.15, 0.2) is 0 Å². The van der Waals surface area contributed by atoms with Gasteiger partial charge in [-0.05, 0) is 13.8 Å². The zero-order chi connectivity index (χ0) is 12.2.